The molecule has 0 radical (unpaired) electrons. The Balaban J connectivity index is 3.10. The maximum Gasteiger partial charge on any atom is 0.379 e. The van der Waals surface area contributed by atoms with Crippen LogP contribution in [0, 0.1) is 12.7 Å². The first-order valence-corrected chi connectivity index (χ1v) is 5.44. The van der Waals surface area contributed by atoms with Crippen molar-refractivity contribution in [1.29, 1.82) is 0 Å². The Morgan fingerprint density at radius 3 is 2.62 bits per heavy atom. The second-order valence-electron chi connectivity index (χ2n) is 3.11. The van der Waals surface area contributed by atoms with Crippen LogP contribution in [0.5, 0.6) is 0 Å². The van der Waals surface area contributed by atoms with Gasteiger partial charge in [-0.05, 0) is 41.4 Å². The molecule has 0 N–H and O–H groups in total. The second-order valence-corrected chi connectivity index (χ2v) is 3.90. The van der Waals surface area contributed by atoms with E-state index < -0.39 is 17.6 Å². The van der Waals surface area contributed by atoms with Crippen LogP contribution in [0.1, 0.15) is 22.8 Å². The van der Waals surface area contributed by atoms with Gasteiger partial charge in [-0.15, -0.1) is 0 Å². The van der Waals surface area contributed by atoms with E-state index in [2.05, 4.69) is 20.7 Å². The van der Waals surface area contributed by atoms with Gasteiger partial charge >= 0.3 is 5.97 Å². The molecule has 5 heteroatoms. The summed E-state index contributed by atoms with van der Waals surface area (Å²) in [6, 6.07) is 2.83. The molecular formula is C11H10BrFO3. The van der Waals surface area contributed by atoms with E-state index in [0.29, 0.717) is 5.56 Å². The second kappa shape index (κ2) is 5.21. The molecule has 0 amide bonds. The summed E-state index contributed by atoms with van der Waals surface area (Å²) < 4.78 is 18.0. The molecule has 86 valence electrons. The van der Waals surface area contributed by atoms with Crippen molar-refractivity contribution in [2.45, 2.75) is 13.8 Å². The predicted octanol–water partition coefficient (Wildman–Crippen LogP) is 2.64. The van der Waals surface area contributed by atoms with Crippen LogP contribution in [0.3, 0.4) is 0 Å². The number of Topliss-reactive ketones (excluding diaryl/α,β-unsaturated/α-hetero) is 1. The molecule has 0 fully saturated rings. The minimum absolute atomic E-state index is 0.00875. The number of ketones is 1. The fraction of sp³-hybridized carbons (Fsp3) is 0.273. The first kappa shape index (κ1) is 12.8. The first-order chi connectivity index (χ1) is 7.49. The molecule has 0 spiro atoms. The van der Waals surface area contributed by atoms with E-state index in [4.69, 9.17) is 0 Å². The van der Waals surface area contributed by atoms with Gasteiger partial charge in [0.1, 0.15) is 5.82 Å². The molecule has 1 rings (SSSR count). The molecule has 1 aromatic carbocycles. The molecule has 0 aromatic heterocycles. The summed E-state index contributed by atoms with van der Waals surface area (Å²) in [6.07, 6.45) is 0. The molecule has 3 nitrogen and oxygen atoms in total. The van der Waals surface area contributed by atoms with Crippen molar-refractivity contribution in [3.63, 3.8) is 0 Å². The van der Waals surface area contributed by atoms with Crippen LogP contribution >= 0.6 is 15.9 Å². The highest BCUT2D eigenvalue weighted by Gasteiger charge is 2.22. The third-order valence-corrected chi connectivity index (χ3v) is 2.76. The van der Waals surface area contributed by atoms with Crippen molar-refractivity contribution in [2.24, 2.45) is 0 Å². The Labute approximate surface area is 101 Å². The largest absolute Gasteiger partial charge is 0.460 e. The molecule has 0 unspecified atom stereocenters. The minimum Gasteiger partial charge on any atom is -0.460 e. The number of esters is 1. The zero-order chi connectivity index (χ0) is 12.3. The normalized spacial score (nSPS) is 10.0. The van der Waals surface area contributed by atoms with Crippen LogP contribution in [0.25, 0.3) is 0 Å². The lowest BCUT2D eigenvalue weighted by Gasteiger charge is -2.05. The van der Waals surface area contributed by atoms with Gasteiger partial charge in [0.2, 0.25) is 0 Å². The third-order valence-electron chi connectivity index (χ3n) is 1.98. The Hall–Kier alpha value is -1.23. The zero-order valence-corrected chi connectivity index (χ0v) is 10.4. The number of hydrogen-bond donors (Lipinski definition) is 0. The van der Waals surface area contributed by atoms with Gasteiger partial charge in [-0.2, -0.15) is 0 Å². The quantitative estimate of drug-likeness (QED) is 0.488. The molecule has 1 aromatic rings. The molecular weight excluding hydrogens is 279 g/mol. The van der Waals surface area contributed by atoms with Crippen molar-refractivity contribution in [1.82, 2.24) is 0 Å². The topological polar surface area (TPSA) is 43.4 Å². The number of carbonyl (C=O) groups is 2. The molecule has 0 saturated carbocycles. The third kappa shape index (κ3) is 2.47. The van der Waals surface area contributed by atoms with E-state index in [-0.39, 0.29) is 16.6 Å². The Bertz CT molecular complexity index is 443. The van der Waals surface area contributed by atoms with E-state index in [1.807, 2.05) is 0 Å². The standard InChI is InChI=1S/C11H10BrFO3/c1-3-16-11(15)10(14)7-5-4-6(2)9(13)8(7)12/h4-5H,3H2,1-2H3. The number of rotatable bonds is 3. The monoisotopic (exact) mass is 288 g/mol. The maximum atomic E-state index is 13.4. The molecule has 0 bridgehead atoms. The zero-order valence-electron chi connectivity index (χ0n) is 8.84. The van der Waals surface area contributed by atoms with Gasteiger partial charge in [0.15, 0.2) is 0 Å². The van der Waals surface area contributed by atoms with Crippen LogP contribution in [-0.2, 0) is 9.53 Å². The molecule has 16 heavy (non-hydrogen) atoms. The molecule has 0 atom stereocenters. The SMILES string of the molecule is CCOC(=O)C(=O)c1ccc(C)c(F)c1Br. The van der Waals surface area contributed by atoms with Gasteiger partial charge in [-0.25, -0.2) is 9.18 Å². The highest BCUT2D eigenvalue weighted by atomic mass is 79.9. The van der Waals surface area contributed by atoms with Crippen LogP contribution < -0.4 is 0 Å². The van der Waals surface area contributed by atoms with Gasteiger partial charge in [0, 0.05) is 5.56 Å². The van der Waals surface area contributed by atoms with E-state index in [0.717, 1.165) is 0 Å². The lowest BCUT2D eigenvalue weighted by atomic mass is 10.1. The number of ether oxygens (including phenoxy) is 1. The first-order valence-electron chi connectivity index (χ1n) is 4.65. The van der Waals surface area contributed by atoms with E-state index in [1.165, 1.54) is 12.1 Å². The molecule has 0 aliphatic heterocycles. The van der Waals surface area contributed by atoms with Crippen LogP contribution in [0.15, 0.2) is 16.6 Å². The summed E-state index contributed by atoms with van der Waals surface area (Å²) in [4.78, 5) is 22.7. The fourth-order valence-corrected chi connectivity index (χ4v) is 1.75. The van der Waals surface area contributed by atoms with Gasteiger partial charge in [-0.1, -0.05) is 6.07 Å². The highest BCUT2D eigenvalue weighted by Crippen LogP contribution is 2.24. The summed E-state index contributed by atoms with van der Waals surface area (Å²) in [7, 11) is 0. The van der Waals surface area contributed by atoms with Crippen molar-refractivity contribution >= 4 is 27.7 Å². The fourth-order valence-electron chi connectivity index (χ4n) is 1.13. The summed E-state index contributed by atoms with van der Waals surface area (Å²) in [6.45, 7) is 3.27. The number of carbonyl (C=O) groups excluding carboxylic acids is 2. The molecule has 0 heterocycles. The average molecular weight is 289 g/mol. The van der Waals surface area contributed by atoms with Crippen molar-refractivity contribution in [3.05, 3.63) is 33.5 Å². The summed E-state index contributed by atoms with van der Waals surface area (Å²) >= 11 is 2.95. The van der Waals surface area contributed by atoms with E-state index >= 15 is 0 Å². The minimum atomic E-state index is -0.980. The van der Waals surface area contributed by atoms with Crippen molar-refractivity contribution in [2.75, 3.05) is 6.61 Å². The Morgan fingerprint density at radius 2 is 2.06 bits per heavy atom. The Morgan fingerprint density at radius 1 is 1.44 bits per heavy atom. The molecule has 0 aliphatic rings. The molecule has 0 aliphatic carbocycles. The van der Waals surface area contributed by atoms with Crippen molar-refractivity contribution in [3.8, 4) is 0 Å². The lowest BCUT2D eigenvalue weighted by Crippen LogP contribution is -2.18. The van der Waals surface area contributed by atoms with Crippen molar-refractivity contribution < 1.29 is 18.7 Å². The van der Waals surface area contributed by atoms with Gasteiger partial charge in [0.05, 0.1) is 11.1 Å². The smallest absolute Gasteiger partial charge is 0.379 e. The van der Waals surface area contributed by atoms with E-state index in [1.54, 1.807) is 13.8 Å². The number of halogens is 2. The number of aryl methyl sites for hydroxylation is 1. The van der Waals surface area contributed by atoms with Crippen LogP contribution in [0.4, 0.5) is 4.39 Å². The predicted molar refractivity (Wildman–Crippen MR) is 59.8 cm³/mol. The van der Waals surface area contributed by atoms with Gasteiger partial charge in [-0.3, -0.25) is 4.79 Å². The highest BCUT2D eigenvalue weighted by molar-refractivity contribution is 9.10. The summed E-state index contributed by atoms with van der Waals surface area (Å²) in [5, 5.41) is 0. The lowest BCUT2D eigenvalue weighted by molar-refractivity contribution is -0.137. The van der Waals surface area contributed by atoms with Gasteiger partial charge in [0.25, 0.3) is 5.78 Å². The van der Waals surface area contributed by atoms with E-state index in [9.17, 15) is 14.0 Å². The summed E-state index contributed by atoms with van der Waals surface area (Å²) in [5.74, 6) is -2.38. The van der Waals surface area contributed by atoms with Crippen LogP contribution in [-0.4, -0.2) is 18.4 Å². The Kier molecular flexibility index (Phi) is 4.18. The maximum absolute atomic E-state index is 13.4. The number of benzene rings is 1. The van der Waals surface area contributed by atoms with Gasteiger partial charge < -0.3 is 4.74 Å². The molecule has 0 saturated heterocycles. The summed E-state index contributed by atoms with van der Waals surface area (Å²) in [5.41, 5.74) is 0.369. The average Bonchev–Trinajstić information content (AvgIpc) is 2.26. The van der Waals surface area contributed by atoms with Crippen LogP contribution in [0.2, 0.25) is 0 Å². The number of hydrogen-bond acceptors (Lipinski definition) is 3.